The van der Waals surface area contributed by atoms with Crippen molar-refractivity contribution < 1.29 is 42.1 Å². The van der Waals surface area contributed by atoms with Gasteiger partial charge in [0, 0.05) is 33.3 Å². The predicted octanol–water partition coefficient (Wildman–Crippen LogP) is 2.95. The van der Waals surface area contributed by atoms with Crippen molar-refractivity contribution in [3.05, 3.63) is 11.6 Å². The summed E-state index contributed by atoms with van der Waals surface area (Å²) in [7, 11) is -3.78. The van der Waals surface area contributed by atoms with E-state index in [4.69, 9.17) is 28.0 Å². The van der Waals surface area contributed by atoms with E-state index in [0.29, 0.717) is 5.90 Å². The first-order valence-corrected chi connectivity index (χ1v) is 11.4. The van der Waals surface area contributed by atoms with E-state index in [2.05, 4.69) is 4.99 Å². The molecule has 11 heteroatoms. The summed E-state index contributed by atoms with van der Waals surface area (Å²) >= 11 is 0. The summed E-state index contributed by atoms with van der Waals surface area (Å²) in [5.74, 6) is -0.584. The Morgan fingerprint density at radius 1 is 1.23 bits per heavy atom. The average molecular weight is 447 g/mol. The van der Waals surface area contributed by atoms with E-state index in [9.17, 15) is 14.2 Å². The number of hydrogen-bond acceptors (Lipinski definition) is 10. The molecular formula is C19H30NO9P. The highest BCUT2D eigenvalue weighted by atomic mass is 31.2. The second-order valence-electron chi connectivity index (χ2n) is 7.03. The van der Waals surface area contributed by atoms with Gasteiger partial charge in [-0.2, -0.15) is 0 Å². The minimum Gasteiger partial charge on any atom is -0.473 e. The van der Waals surface area contributed by atoms with Crippen molar-refractivity contribution in [3.8, 4) is 0 Å². The van der Waals surface area contributed by atoms with E-state index in [0.717, 1.165) is 0 Å². The molecule has 0 radical (unpaired) electrons. The Morgan fingerprint density at radius 2 is 1.87 bits per heavy atom. The minimum atomic E-state index is -3.78. The number of fused-ring (bicyclic) bond motifs is 1. The number of aliphatic imine (C=N–C) groups is 1. The van der Waals surface area contributed by atoms with E-state index in [1.165, 1.54) is 19.9 Å². The van der Waals surface area contributed by atoms with Crippen LogP contribution >= 0.6 is 7.60 Å². The highest BCUT2D eigenvalue weighted by Gasteiger charge is 2.57. The van der Waals surface area contributed by atoms with E-state index in [1.807, 2.05) is 0 Å². The summed E-state index contributed by atoms with van der Waals surface area (Å²) in [5.41, 5.74) is -1.30. The van der Waals surface area contributed by atoms with Crippen LogP contribution in [0.4, 0.5) is 0 Å². The first-order valence-electron chi connectivity index (χ1n) is 9.87. The van der Waals surface area contributed by atoms with Crippen LogP contribution in [0.15, 0.2) is 16.6 Å². The van der Waals surface area contributed by atoms with Gasteiger partial charge in [0.05, 0.1) is 19.8 Å². The fraction of sp³-hybridized carbons (Fsp3) is 0.737. The summed E-state index contributed by atoms with van der Waals surface area (Å²) in [6.45, 7) is 9.59. The molecule has 0 saturated carbocycles. The Balaban J connectivity index is 2.45. The van der Waals surface area contributed by atoms with Gasteiger partial charge in [0.2, 0.25) is 5.50 Å². The maximum Gasteiger partial charge on any atom is 0.395 e. The van der Waals surface area contributed by atoms with Crippen molar-refractivity contribution in [2.24, 2.45) is 4.99 Å². The number of nitrogens with zero attached hydrogens (tertiary/aromatic N) is 1. The van der Waals surface area contributed by atoms with Gasteiger partial charge in [-0.1, -0.05) is 0 Å². The van der Waals surface area contributed by atoms with Crippen LogP contribution in [-0.2, 0) is 42.1 Å². The molecule has 0 N–H and O–H groups in total. The van der Waals surface area contributed by atoms with Crippen LogP contribution in [0.2, 0.25) is 0 Å². The maximum atomic E-state index is 13.4. The Labute approximate surface area is 176 Å². The third-order valence-electron chi connectivity index (χ3n) is 4.66. The summed E-state index contributed by atoms with van der Waals surface area (Å²) < 4.78 is 46.7. The summed E-state index contributed by atoms with van der Waals surface area (Å²) in [4.78, 5) is 27.5. The van der Waals surface area contributed by atoms with Gasteiger partial charge in [0.25, 0.3) is 0 Å². The zero-order valence-corrected chi connectivity index (χ0v) is 19.1. The SMILES string of the molecule is CCOP(=O)(OCC)C1=C[C@H]2OC(C)=N[C@H]2[C@](C)([C@@H](CCOC(C)=O)OC(C)=O)O1. The smallest absolute Gasteiger partial charge is 0.395 e. The van der Waals surface area contributed by atoms with Crippen LogP contribution in [0, 0.1) is 0 Å². The summed E-state index contributed by atoms with van der Waals surface area (Å²) in [5, 5.41) is 0. The number of carbonyl (C=O) groups is 2. The fourth-order valence-electron chi connectivity index (χ4n) is 3.48. The Morgan fingerprint density at radius 3 is 2.40 bits per heavy atom. The lowest BCUT2D eigenvalue weighted by Gasteiger charge is -2.44. The molecule has 2 aliphatic heterocycles. The fourth-order valence-corrected chi connectivity index (χ4v) is 5.13. The third-order valence-corrected chi connectivity index (χ3v) is 6.63. The molecule has 2 rings (SSSR count). The van der Waals surface area contributed by atoms with Crippen LogP contribution in [0.5, 0.6) is 0 Å². The molecular weight excluding hydrogens is 417 g/mol. The number of hydrogen-bond donors (Lipinski definition) is 0. The normalized spacial score (nSPS) is 26.5. The number of carbonyl (C=O) groups excluding carboxylic acids is 2. The van der Waals surface area contributed by atoms with Crippen LogP contribution in [-0.4, -0.2) is 61.5 Å². The van der Waals surface area contributed by atoms with Gasteiger partial charge in [0.1, 0.15) is 18.2 Å². The van der Waals surface area contributed by atoms with Crippen LogP contribution < -0.4 is 0 Å². The largest absolute Gasteiger partial charge is 0.473 e. The molecule has 30 heavy (non-hydrogen) atoms. The standard InChI is InChI=1S/C19H30NO9P/c1-7-25-30(23,26-8-2)17-11-15-18(20-12(3)27-15)19(6,29-17)16(28-14(5)22)9-10-24-13(4)21/h11,15-16,18H,7-10H2,1-6H3/t15-,16-,18-,19+/m1/s1. The molecule has 0 amide bonds. The third kappa shape index (κ3) is 5.42. The molecule has 0 unspecified atom stereocenters. The lowest BCUT2D eigenvalue weighted by molar-refractivity contribution is -0.173. The van der Waals surface area contributed by atoms with Gasteiger partial charge in [-0.3, -0.25) is 14.2 Å². The zero-order valence-electron chi connectivity index (χ0n) is 18.2. The molecule has 0 saturated heterocycles. The topological polar surface area (TPSA) is 119 Å². The van der Waals surface area contributed by atoms with E-state index < -0.39 is 43.4 Å². The Hall–Kier alpha value is -1.90. The van der Waals surface area contributed by atoms with Crippen molar-refractivity contribution in [1.29, 1.82) is 0 Å². The molecule has 2 aliphatic rings. The summed E-state index contributed by atoms with van der Waals surface area (Å²) in [6.07, 6.45) is 0.198. The van der Waals surface area contributed by atoms with Crippen molar-refractivity contribution >= 4 is 25.4 Å². The lowest BCUT2D eigenvalue weighted by atomic mass is 9.84. The van der Waals surface area contributed by atoms with Crippen LogP contribution in [0.1, 0.15) is 48.0 Å². The quantitative estimate of drug-likeness (QED) is 0.368. The second kappa shape index (κ2) is 9.94. The maximum absolute atomic E-state index is 13.4. The monoisotopic (exact) mass is 447 g/mol. The van der Waals surface area contributed by atoms with Crippen molar-refractivity contribution in [2.75, 3.05) is 19.8 Å². The van der Waals surface area contributed by atoms with Gasteiger partial charge < -0.3 is 28.0 Å². The first kappa shape index (κ1) is 24.4. The van der Waals surface area contributed by atoms with Gasteiger partial charge in [-0.05, 0) is 20.8 Å². The molecule has 2 heterocycles. The first-order chi connectivity index (χ1) is 14.1. The molecule has 0 fully saturated rings. The average Bonchev–Trinajstić information content (AvgIpc) is 3.02. The van der Waals surface area contributed by atoms with Gasteiger partial charge in [-0.15, -0.1) is 0 Å². The predicted molar refractivity (Wildman–Crippen MR) is 107 cm³/mol. The minimum absolute atomic E-state index is 0.000792. The highest BCUT2D eigenvalue weighted by molar-refractivity contribution is 7.58. The van der Waals surface area contributed by atoms with E-state index in [1.54, 1.807) is 27.7 Å². The van der Waals surface area contributed by atoms with Crippen molar-refractivity contribution in [3.63, 3.8) is 0 Å². The molecule has 170 valence electrons. The summed E-state index contributed by atoms with van der Waals surface area (Å²) in [6, 6.07) is -0.584. The number of rotatable bonds is 10. The van der Waals surface area contributed by atoms with Crippen molar-refractivity contribution in [1.82, 2.24) is 0 Å². The molecule has 0 bridgehead atoms. The molecule has 0 aromatic carbocycles. The zero-order chi connectivity index (χ0) is 22.5. The van der Waals surface area contributed by atoms with E-state index in [-0.39, 0.29) is 31.7 Å². The van der Waals surface area contributed by atoms with Crippen LogP contribution in [0.3, 0.4) is 0 Å². The highest BCUT2D eigenvalue weighted by Crippen LogP contribution is 2.60. The number of esters is 2. The van der Waals surface area contributed by atoms with E-state index >= 15 is 0 Å². The molecule has 0 aromatic heterocycles. The van der Waals surface area contributed by atoms with Gasteiger partial charge in [0.15, 0.2) is 11.5 Å². The molecule has 4 atom stereocenters. The van der Waals surface area contributed by atoms with Gasteiger partial charge >= 0.3 is 19.5 Å². The lowest BCUT2D eigenvalue weighted by Crippen LogP contribution is -2.57. The number of ether oxygens (including phenoxy) is 4. The van der Waals surface area contributed by atoms with Crippen molar-refractivity contribution in [2.45, 2.75) is 71.8 Å². The second-order valence-corrected chi connectivity index (χ2v) is 8.98. The molecule has 0 spiro atoms. The Kier molecular flexibility index (Phi) is 8.07. The van der Waals surface area contributed by atoms with Crippen LogP contribution in [0.25, 0.3) is 0 Å². The molecule has 0 aliphatic carbocycles. The van der Waals surface area contributed by atoms with Gasteiger partial charge in [-0.25, -0.2) is 4.99 Å². The Bertz CT molecular complexity index is 755. The molecule has 10 nitrogen and oxygen atoms in total. The molecule has 0 aromatic rings.